The van der Waals surface area contributed by atoms with Gasteiger partial charge in [0.15, 0.2) is 0 Å². The van der Waals surface area contributed by atoms with Crippen LogP contribution in [0.4, 0.5) is 0 Å². The van der Waals surface area contributed by atoms with Crippen LogP contribution in [0.5, 0.6) is 0 Å². The van der Waals surface area contributed by atoms with Gasteiger partial charge in [-0.15, -0.1) is 0 Å². The van der Waals surface area contributed by atoms with Crippen LogP contribution in [0.25, 0.3) is 0 Å². The number of hydrogen-bond donors (Lipinski definition) is 1. The first-order valence-electron chi connectivity index (χ1n) is 4.43. The molecular weight excluding hydrogens is 154 g/mol. The standard InChI is InChI=1S/C9H19NO2/c1-5-6-10(4)8(3)7(2)9(11)12/h7-8H,5-6H2,1-4H3,(H,11,12). The Hall–Kier alpha value is -0.570. The third kappa shape index (κ3) is 3.22. The third-order valence-electron chi connectivity index (χ3n) is 2.38. The van der Waals surface area contributed by atoms with Crippen molar-refractivity contribution in [2.75, 3.05) is 13.6 Å². The largest absolute Gasteiger partial charge is 0.481 e. The fourth-order valence-electron chi connectivity index (χ4n) is 1.14. The number of carbonyl (C=O) groups is 1. The Morgan fingerprint density at radius 3 is 2.33 bits per heavy atom. The van der Waals surface area contributed by atoms with Crippen LogP contribution in [0.1, 0.15) is 27.2 Å². The molecule has 1 N–H and O–H groups in total. The Morgan fingerprint density at radius 2 is 2.00 bits per heavy atom. The van der Waals surface area contributed by atoms with Crippen molar-refractivity contribution >= 4 is 5.97 Å². The molecule has 3 nitrogen and oxygen atoms in total. The summed E-state index contributed by atoms with van der Waals surface area (Å²) in [6.07, 6.45) is 1.06. The van der Waals surface area contributed by atoms with Gasteiger partial charge in [0.1, 0.15) is 0 Å². The predicted molar refractivity (Wildman–Crippen MR) is 49.2 cm³/mol. The smallest absolute Gasteiger partial charge is 0.307 e. The van der Waals surface area contributed by atoms with E-state index in [1.54, 1.807) is 6.92 Å². The van der Waals surface area contributed by atoms with E-state index in [1.165, 1.54) is 0 Å². The summed E-state index contributed by atoms with van der Waals surface area (Å²) in [5, 5.41) is 8.74. The first kappa shape index (κ1) is 11.4. The van der Waals surface area contributed by atoms with Gasteiger partial charge in [0.25, 0.3) is 0 Å². The van der Waals surface area contributed by atoms with Gasteiger partial charge in [-0.25, -0.2) is 0 Å². The Balaban J connectivity index is 3.99. The quantitative estimate of drug-likeness (QED) is 0.684. The molecule has 0 rings (SSSR count). The molecule has 0 aromatic carbocycles. The van der Waals surface area contributed by atoms with Gasteiger partial charge in [-0.3, -0.25) is 4.79 Å². The molecule has 2 atom stereocenters. The summed E-state index contributed by atoms with van der Waals surface area (Å²) < 4.78 is 0. The highest BCUT2D eigenvalue weighted by molar-refractivity contribution is 5.70. The van der Waals surface area contributed by atoms with E-state index < -0.39 is 5.97 Å². The molecule has 0 radical (unpaired) electrons. The fraction of sp³-hybridized carbons (Fsp3) is 0.889. The van der Waals surface area contributed by atoms with Gasteiger partial charge in [0, 0.05) is 6.04 Å². The lowest BCUT2D eigenvalue weighted by Crippen LogP contribution is -2.38. The monoisotopic (exact) mass is 173 g/mol. The van der Waals surface area contributed by atoms with Gasteiger partial charge in [-0.2, -0.15) is 0 Å². The minimum atomic E-state index is -0.717. The molecule has 0 saturated carbocycles. The minimum absolute atomic E-state index is 0.113. The van der Waals surface area contributed by atoms with Gasteiger partial charge in [-0.1, -0.05) is 13.8 Å². The molecule has 0 saturated heterocycles. The van der Waals surface area contributed by atoms with Gasteiger partial charge < -0.3 is 10.0 Å². The molecule has 0 aromatic rings. The molecule has 0 aromatic heterocycles. The van der Waals surface area contributed by atoms with Crippen LogP contribution >= 0.6 is 0 Å². The predicted octanol–water partition coefficient (Wildman–Crippen LogP) is 1.44. The summed E-state index contributed by atoms with van der Waals surface area (Å²) in [4.78, 5) is 12.7. The van der Waals surface area contributed by atoms with Gasteiger partial charge in [-0.05, 0) is 26.9 Å². The van der Waals surface area contributed by atoms with Crippen molar-refractivity contribution in [2.24, 2.45) is 5.92 Å². The van der Waals surface area contributed by atoms with Crippen molar-refractivity contribution < 1.29 is 9.90 Å². The number of carboxylic acids is 1. The number of nitrogens with zero attached hydrogens (tertiary/aromatic N) is 1. The molecule has 0 bridgehead atoms. The Bertz CT molecular complexity index is 147. The highest BCUT2D eigenvalue weighted by Gasteiger charge is 2.21. The summed E-state index contributed by atoms with van der Waals surface area (Å²) in [6, 6.07) is 0.113. The maximum Gasteiger partial charge on any atom is 0.307 e. The summed E-state index contributed by atoms with van der Waals surface area (Å²) in [5.41, 5.74) is 0. The molecule has 0 aliphatic carbocycles. The lowest BCUT2D eigenvalue weighted by atomic mass is 10.0. The average molecular weight is 173 g/mol. The van der Waals surface area contributed by atoms with E-state index in [1.807, 2.05) is 14.0 Å². The van der Waals surface area contributed by atoms with E-state index in [0.29, 0.717) is 0 Å². The van der Waals surface area contributed by atoms with Crippen molar-refractivity contribution in [3.8, 4) is 0 Å². The fourth-order valence-corrected chi connectivity index (χ4v) is 1.14. The lowest BCUT2D eigenvalue weighted by Gasteiger charge is -2.26. The minimum Gasteiger partial charge on any atom is -0.481 e. The number of carboxylic acid groups (broad SMARTS) is 1. The number of rotatable bonds is 5. The van der Waals surface area contributed by atoms with Crippen molar-refractivity contribution in [1.82, 2.24) is 4.90 Å². The van der Waals surface area contributed by atoms with Crippen LogP contribution in [0, 0.1) is 5.92 Å². The second kappa shape index (κ2) is 5.14. The summed E-state index contributed by atoms with van der Waals surface area (Å²) in [7, 11) is 1.97. The second-order valence-electron chi connectivity index (χ2n) is 3.35. The average Bonchev–Trinajstić information content (AvgIpc) is 2.02. The highest BCUT2D eigenvalue weighted by Crippen LogP contribution is 2.09. The zero-order valence-corrected chi connectivity index (χ0v) is 8.37. The van der Waals surface area contributed by atoms with Crippen molar-refractivity contribution in [2.45, 2.75) is 33.2 Å². The van der Waals surface area contributed by atoms with E-state index in [2.05, 4.69) is 11.8 Å². The van der Waals surface area contributed by atoms with Crippen LogP contribution < -0.4 is 0 Å². The van der Waals surface area contributed by atoms with Gasteiger partial charge in [0.2, 0.25) is 0 Å². The first-order chi connectivity index (χ1) is 5.50. The molecule has 0 aliphatic heterocycles. The normalized spacial score (nSPS) is 16.1. The maximum absolute atomic E-state index is 10.6. The Morgan fingerprint density at radius 1 is 1.50 bits per heavy atom. The number of aliphatic carboxylic acids is 1. The molecule has 0 fully saturated rings. The molecule has 2 unspecified atom stereocenters. The van der Waals surface area contributed by atoms with Crippen LogP contribution in [0.2, 0.25) is 0 Å². The first-order valence-corrected chi connectivity index (χ1v) is 4.43. The van der Waals surface area contributed by atoms with Crippen LogP contribution in [0.15, 0.2) is 0 Å². The molecule has 0 heterocycles. The highest BCUT2D eigenvalue weighted by atomic mass is 16.4. The van der Waals surface area contributed by atoms with Crippen LogP contribution in [-0.4, -0.2) is 35.6 Å². The van der Waals surface area contributed by atoms with E-state index in [9.17, 15) is 4.79 Å². The molecule has 0 aliphatic rings. The summed E-state index contributed by atoms with van der Waals surface area (Å²) in [5.74, 6) is -1.01. The van der Waals surface area contributed by atoms with Gasteiger partial charge in [0.05, 0.1) is 5.92 Å². The zero-order valence-electron chi connectivity index (χ0n) is 8.37. The van der Waals surface area contributed by atoms with Crippen molar-refractivity contribution in [1.29, 1.82) is 0 Å². The summed E-state index contributed by atoms with van der Waals surface area (Å²) in [6.45, 7) is 6.75. The van der Waals surface area contributed by atoms with Crippen molar-refractivity contribution in [3.63, 3.8) is 0 Å². The second-order valence-corrected chi connectivity index (χ2v) is 3.35. The Labute approximate surface area is 74.4 Å². The van der Waals surface area contributed by atoms with E-state index in [4.69, 9.17) is 5.11 Å². The summed E-state index contributed by atoms with van der Waals surface area (Å²) >= 11 is 0. The SMILES string of the molecule is CCCN(C)C(C)C(C)C(=O)O. The van der Waals surface area contributed by atoms with E-state index in [0.717, 1.165) is 13.0 Å². The van der Waals surface area contributed by atoms with Crippen molar-refractivity contribution in [3.05, 3.63) is 0 Å². The third-order valence-corrected chi connectivity index (χ3v) is 2.38. The van der Waals surface area contributed by atoms with Crippen LogP contribution in [0.3, 0.4) is 0 Å². The molecule has 12 heavy (non-hydrogen) atoms. The molecular formula is C9H19NO2. The van der Waals surface area contributed by atoms with Gasteiger partial charge >= 0.3 is 5.97 Å². The number of hydrogen-bond acceptors (Lipinski definition) is 2. The Kier molecular flexibility index (Phi) is 4.90. The van der Waals surface area contributed by atoms with E-state index in [-0.39, 0.29) is 12.0 Å². The van der Waals surface area contributed by atoms with E-state index >= 15 is 0 Å². The molecule has 0 amide bonds. The zero-order chi connectivity index (χ0) is 9.72. The topological polar surface area (TPSA) is 40.5 Å². The molecule has 72 valence electrons. The maximum atomic E-state index is 10.6. The molecule has 3 heteroatoms. The lowest BCUT2D eigenvalue weighted by molar-refractivity contribution is -0.143. The van der Waals surface area contributed by atoms with Crippen LogP contribution in [-0.2, 0) is 4.79 Å². The molecule has 0 spiro atoms.